The van der Waals surface area contributed by atoms with Crippen molar-refractivity contribution < 1.29 is 19.4 Å². The quantitative estimate of drug-likeness (QED) is 0.899. The summed E-state index contributed by atoms with van der Waals surface area (Å²) in [6.07, 6.45) is 5.37. The minimum absolute atomic E-state index is 0.0716. The molecule has 5 heteroatoms. The molecule has 1 N–H and O–H groups in total. The van der Waals surface area contributed by atoms with Gasteiger partial charge in [-0.15, -0.1) is 0 Å². The SMILES string of the molecule is COC1=CC23CCN(C)[C@H](Cc4cc(O)c(OC)cc42)C3=CC1=O. The number of aromatic hydroxyl groups is 1. The number of likely N-dealkylation sites (tertiary alicyclic amines) is 1. The number of ether oxygens (including phenoxy) is 2. The predicted octanol–water partition coefficient (Wildman–Crippen LogP) is 1.94. The fourth-order valence-corrected chi connectivity index (χ4v) is 4.44. The molecule has 0 aromatic heterocycles. The Kier molecular flexibility index (Phi) is 3.25. The largest absolute Gasteiger partial charge is 0.504 e. The molecule has 126 valence electrons. The number of fused-ring (bicyclic) bond motifs is 1. The zero-order valence-electron chi connectivity index (χ0n) is 14.1. The van der Waals surface area contributed by atoms with E-state index in [1.54, 1.807) is 19.3 Å². The molecule has 1 aromatic rings. The average Bonchev–Trinajstić information content (AvgIpc) is 2.57. The fourth-order valence-electron chi connectivity index (χ4n) is 4.44. The van der Waals surface area contributed by atoms with Crippen LogP contribution in [0.4, 0.5) is 0 Å². The number of piperidine rings is 1. The number of hydrogen-bond donors (Lipinski definition) is 1. The molecule has 1 aromatic carbocycles. The maximum atomic E-state index is 12.4. The van der Waals surface area contributed by atoms with E-state index in [0.29, 0.717) is 11.5 Å². The summed E-state index contributed by atoms with van der Waals surface area (Å²) < 4.78 is 10.7. The molecule has 1 saturated heterocycles. The first-order valence-corrected chi connectivity index (χ1v) is 8.14. The fraction of sp³-hybridized carbons (Fsp3) is 0.421. The van der Waals surface area contributed by atoms with E-state index in [-0.39, 0.29) is 23.0 Å². The first-order chi connectivity index (χ1) is 11.5. The lowest BCUT2D eigenvalue weighted by atomic mass is 9.59. The summed E-state index contributed by atoms with van der Waals surface area (Å²) >= 11 is 0. The van der Waals surface area contributed by atoms with Gasteiger partial charge in [-0.05, 0) is 67.4 Å². The monoisotopic (exact) mass is 327 g/mol. The molecule has 2 bridgehead atoms. The van der Waals surface area contributed by atoms with Crippen LogP contribution in [0, 0.1) is 0 Å². The molecule has 0 radical (unpaired) electrons. The minimum atomic E-state index is -0.356. The number of phenolic OH excluding ortho intramolecular Hbond substituents is 1. The summed E-state index contributed by atoms with van der Waals surface area (Å²) in [4.78, 5) is 14.6. The second-order valence-corrected chi connectivity index (χ2v) is 6.78. The van der Waals surface area contributed by atoms with Gasteiger partial charge in [0.1, 0.15) is 0 Å². The van der Waals surface area contributed by atoms with Gasteiger partial charge >= 0.3 is 0 Å². The number of benzene rings is 1. The predicted molar refractivity (Wildman–Crippen MR) is 89.3 cm³/mol. The summed E-state index contributed by atoms with van der Waals surface area (Å²) in [6.45, 7) is 0.937. The van der Waals surface area contributed by atoms with Crippen LogP contribution >= 0.6 is 0 Å². The van der Waals surface area contributed by atoms with E-state index in [0.717, 1.165) is 36.1 Å². The highest BCUT2D eigenvalue weighted by molar-refractivity contribution is 6.05. The number of hydrogen-bond acceptors (Lipinski definition) is 5. The molecule has 0 spiro atoms. The van der Waals surface area contributed by atoms with Crippen LogP contribution in [0.25, 0.3) is 0 Å². The zero-order valence-corrected chi connectivity index (χ0v) is 14.1. The topological polar surface area (TPSA) is 59.0 Å². The van der Waals surface area contributed by atoms with Crippen molar-refractivity contribution in [2.75, 3.05) is 27.8 Å². The Hall–Kier alpha value is -2.27. The lowest BCUT2D eigenvalue weighted by molar-refractivity contribution is -0.114. The summed E-state index contributed by atoms with van der Waals surface area (Å²) in [6, 6.07) is 3.88. The van der Waals surface area contributed by atoms with Gasteiger partial charge in [-0.25, -0.2) is 0 Å². The summed E-state index contributed by atoms with van der Waals surface area (Å²) in [7, 11) is 5.17. The average molecular weight is 327 g/mol. The van der Waals surface area contributed by atoms with Crippen LogP contribution in [0.5, 0.6) is 11.5 Å². The minimum Gasteiger partial charge on any atom is -0.504 e. The van der Waals surface area contributed by atoms with Crippen LogP contribution in [0.2, 0.25) is 0 Å². The van der Waals surface area contributed by atoms with E-state index in [2.05, 4.69) is 11.9 Å². The molecule has 1 aliphatic heterocycles. The van der Waals surface area contributed by atoms with Crippen molar-refractivity contribution >= 4 is 5.78 Å². The van der Waals surface area contributed by atoms with Crippen molar-refractivity contribution in [2.45, 2.75) is 24.3 Å². The van der Waals surface area contributed by atoms with Gasteiger partial charge in [-0.3, -0.25) is 9.69 Å². The first-order valence-electron chi connectivity index (χ1n) is 8.14. The molecular weight excluding hydrogens is 306 g/mol. The number of rotatable bonds is 2. The third-order valence-electron chi connectivity index (χ3n) is 5.69. The van der Waals surface area contributed by atoms with Gasteiger partial charge in [0.15, 0.2) is 17.3 Å². The number of carbonyl (C=O) groups excluding carboxylic acids is 1. The number of phenols is 1. The van der Waals surface area contributed by atoms with Crippen molar-refractivity contribution in [3.8, 4) is 11.5 Å². The van der Waals surface area contributed by atoms with Gasteiger partial charge in [0.25, 0.3) is 0 Å². The molecule has 0 amide bonds. The van der Waals surface area contributed by atoms with Gasteiger partial charge in [0.05, 0.1) is 14.2 Å². The maximum Gasteiger partial charge on any atom is 0.220 e. The molecule has 2 aliphatic carbocycles. The van der Waals surface area contributed by atoms with E-state index >= 15 is 0 Å². The Morgan fingerprint density at radius 1 is 1.29 bits per heavy atom. The van der Waals surface area contributed by atoms with E-state index in [4.69, 9.17) is 9.47 Å². The van der Waals surface area contributed by atoms with Crippen molar-refractivity contribution in [1.29, 1.82) is 0 Å². The van der Waals surface area contributed by atoms with Crippen molar-refractivity contribution in [2.24, 2.45) is 0 Å². The maximum absolute atomic E-state index is 12.4. The Morgan fingerprint density at radius 3 is 2.79 bits per heavy atom. The second kappa shape index (κ2) is 5.11. The van der Waals surface area contributed by atoms with Crippen molar-refractivity contribution in [1.82, 2.24) is 4.90 Å². The highest BCUT2D eigenvalue weighted by Gasteiger charge is 2.50. The Balaban J connectivity index is 2.00. The van der Waals surface area contributed by atoms with Gasteiger partial charge in [0.2, 0.25) is 5.78 Å². The number of nitrogens with zero attached hydrogens (tertiary/aromatic N) is 1. The van der Waals surface area contributed by atoms with Crippen LogP contribution in [-0.4, -0.2) is 49.6 Å². The third-order valence-corrected chi connectivity index (χ3v) is 5.69. The smallest absolute Gasteiger partial charge is 0.220 e. The summed E-state index contributed by atoms with van der Waals surface area (Å²) in [5, 5.41) is 10.2. The Bertz CT molecular complexity index is 795. The highest BCUT2D eigenvalue weighted by atomic mass is 16.5. The van der Waals surface area contributed by atoms with Crippen LogP contribution in [-0.2, 0) is 21.4 Å². The van der Waals surface area contributed by atoms with Crippen LogP contribution in [0.3, 0.4) is 0 Å². The third kappa shape index (κ3) is 1.88. The zero-order chi connectivity index (χ0) is 17.1. The van der Waals surface area contributed by atoms with Crippen molar-refractivity contribution in [3.63, 3.8) is 0 Å². The van der Waals surface area contributed by atoms with Crippen LogP contribution in [0.15, 0.2) is 35.6 Å². The molecule has 2 atom stereocenters. The van der Waals surface area contributed by atoms with E-state index in [1.807, 2.05) is 12.1 Å². The highest BCUT2D eigenvalue weighted by Crippen LogP contribution is 2.53. The Morgan fingerprint density at radius 2 is 2.08 bits per heavy atom. The second-order valence-electron chi connectivity index (χ2n) is 6.78. The molecule has 1 fully saturated rings. The van der Waals surface area contributed by atoms with Gasteiger partial charge in [0, 0.05) is 11.5 Å². The molecule has 3 aliphatic rings. The lowest BCUT2D eigenvalue weighted by Crippen LogP contribution is -2.54. The van der Waals surface area contributed by atoms with Crippen molar-refractivity contribution in [3.05, 3.63) is 46.7 Å². The number of methoxy groups -OCH3 is 2. The van der Waals surface area contributed by atoms with Crippen LogP contribution < -0.4 is 4.74 Å². The molecule has 4 rings (SSSR count). The molecule has 1 unspecified atom stereocenters. The van der Waals surface area contributed by atoms with Crippen LogP contribution in [0.1, 0.15) is 17.5 Å². The molecule has 24 heavy (non-hydrogen) atoms. The molecule has 0 saturated carbocycles. The summed E-state index contributed by atoms with van der Waals surface area (Å²) in [5.74, 6) is 0.937. The number of likely N-dealkylation sites (N-methyl/N-ethyl adjacent to an activating group) is 1. The standard InChI is InChI=1S/C19H21NO4/c1-20-5-4-19-10-18(24-3)16(22)8-13(19)14(20)6-11-7-15(21)17(23-2)9-12(11)19/h7-10,14,21H,4-6H2,1-3H3/t14-,19?/m1/s1. The molecular formula is C19H21NO4. The number of carbonyl (C=O) groups is 1. The normalized spacial score (nSPS) is 28.5. The van der Waals surface area contributed by atoms with Gasteiger partial charge < -0.3 is 14.6 Å². The lowest BCUT2D eigenvalue weighted by Gasteiger charge is -2.52. The molecule has 1 heterocycles. The van der Waals surface area contributed by atoms with E-state index < -0.39 is 0 Å². The Labute approximate surface area is 141 Å². The number of ketones is 1. The van der Waals surface area contributed by atoms with E-state index in [1.165, 1.54) is 7.11 Å². The van der Waals surface area contributed by atoms with Gasteiger partial charge in [-0.2, -0.15) is 0 Å². The van der Waals surface area contributed by atoms with Gasteiger partial charge in [-0.1, -0.05) is 0 Å². The number of allylic oxidation sites excluding steroid dienone is 2. The summed E-state index contributed by atoms with van der Waals surface area (Å²) in [5.41, 5.74) is 2.98. The molecule has 5 nitrogen and oxygen atoms in total. The van der Waals surface area contributed by atoms with E-state index in [9.17, 15) is 9.90 Å². The first kappa shape index (κ1) is 15.3.